The third kappa shape index (κ3) is 3.76. The number of hydrogen-bond donors (Lipinski definition) is 1. The molecule has 25 heavy (non-hydrogen) atoms. The van der Waals surface area contributed by atoms with E-state index in [9.17, 15) is 4.57 Å². The molecule has 0 saturated heterocycles. The van der Waals surface area contributed by atoms with Crippen LogP contribution in [0.4, 0.5) is 0 Å². The van der Waals surface area contributed by atoms with Crippen molar-refractivity contribution in [3.63, 3.8) is 0 Å². The molecule has 1 aliphatic heterocycles. The summed E-state index contributed by atoms with van der Waals surface area (Å²) in [6, 6.07) is 12.7. The van der Waals surface area contributed by atoms with Gasteiger partial charge in [-0.05, 0) is 26.0 Å². The number of hydrogen-bond acceptors (Lipinski definition) is 6. The van der Waals surface area contributed by atoms with Gasteiger partial charge >= 0.3 is 7.60 Å². The predicted molar refractivity (Wildman–Crippen MR) is 96.5 cm³/mol. The van der Waals surface area contributed by atoms with Gasteiger partial charge in [0.2, 0.25) is 0 Å². The van der Waals surface area contributed by atoms with Crippen molar-refractivity contribution in [3.8, 4) is 0 Å². The summed E-state index contributed by atoms with van der Waals surface area (Å²) in [6.07, 6.45) is 3.23. The minimum atomic E-state index is -3.48. The molecular formula is C18H21N2O4P. The Morgan fingerprint density at radius 1 is 1.12 bits per heavy atom. The van der Waals surface area contributed by atoms with Gasteiger partial charge in [-0.2, -0.15) is 0 Å². The molecule has 2 aromatic rings. The molecule has 1 aromatic heterocycles. The summed E-state index contributed by atoms with van der Waals surface area (Å²) in [4.78, 5) is 4.72. The molecule has 2 heterocycles. The molecule has 3 rings (SSSR count). The lowest BCUT2D eigenvalue weighted by molar-refractivity contribution is 0.224. The Hall–Kier alpha value is -2.14. The molecule has 6 nitrogen and oxygen atoms in total. The normalized spacial score (nSPS) is 17.6. The number of furan rings is 1. The monoisotopic (exact) mass is 360 g/mol. The third-order valence-corrected chi connectivity index (χ3v) is 5.87. The summed E-state index contributed by atoms with van der Waals surface area (Å²) < 4.78 is 29.8. The summed E-state index contributed by atoms with van der Waals surface area (Å²) in [5, 5.41) is 3.55. The van der Waals surface area contributed by atoms with E-state index in [1.807, 2.05) is 30.3 Å². The van der Waals surface area contributed by atoms with E-state index in [0.717, 1.165) is 5.56 Å². The first-order valence-corrected chi connectivity index (χ1v) is 9.75. The van der Waals surface area contributed by atoms with E-state index >= 15 is 0 Å². The Balaban J connectivity index is 2.02. The molecule has 0 saturated carbocycles. The maximum absolute atomic E-state index is 13.3. The van der Waals surface area contributed by atoms with Crippen LogP contribution in [0.15, 0.2) is 69.7 Å². The molecule has 1 aliphatic rings. The number of amidine groups is 1. The Morgan fingerprint density at radius 2 is 1.84 bits per heavy atom. The summed E-state index contributed by atoms with van der Waals surface area (Å²) in [5.41, 5.74) is 0.928. The van der Waals surface area contributed by atoms with Crippen LogP contribution < -0.4 is 5.32 Å². The third-order valence-electron chi connectivity index (χ3n) is 3.67. The minimum absolute atomic E-state index is 0.273. The van der Waals surface area contributed by atoms with Crippen molar-refractivity contribution in [1.82, 2.24) is 5.32 Å². The van der Waals surface area contributed by atoms with Gasteiger partial charge in [-0.1, -0.05) is 30.3 Å². The molecule has 1 unspecified atom stereocenters. The fourth-order valence-electron chi connectivity index (χ4n) is 2.62. The van der Waals surface area contributed by atoms with Gasteiger partial charge in [0, 0.05) is 11.8 Å². The quantitative estimate of drug-likeness (QED) is 0.737. The molecule has 0 amide bonds. The van der Waals surface area contributed by atoms with Crippen LogP contribution in [0.2, 0.25) is 0 Å². The standard InChI is InChI=1S/C18H21N2O4P/c1-3-23-25(21,24-4-2)16-13-19-18(14-9-6-5-7-10-14)20-17(16)15-11-8-12-22-15/h5-13,17H,3-4H2,1-2H3,(H,19,20). The zero-order valence-corrected chi connectivity index (χ0v) is 15.1. The Bertz CT molecular complexity index is 790. The Morgan fingerprint density at radius 3 is 2.44 bits per heavy atom. The van der Waals surface area contributed by atoms with Gasteiger partial charge in [-0.15, -0.1) is 0 Å². The second kappa shape index (κ2) is 7.83. The van der Waals surface area contributed by atoms with E-state index in [1.54, 1.807) is 38.4 Å². The zero-order chi connectivity index (χ0) is 17.7. The first kappa shape index (κ1) is 17.7. The van der Waals surface area contributed by atoms with Gasteiger partial charge in [0.05, 0.1) is 24.8 Å². The van der Waals surface area contributed by atoms with Crippen LogP contribution in [0.1, 0.15) is 31.2 Å². The summed E-state index contributed by atoms with van der Waals surface area (Å²) in [6.45, 7) is 4.11. The summed E-state index contributed by atoms with van der Waals surface area (Å²) >= 11 is 0. The van der Waals surface area contributed by atoms with E-state index in [-0.39, 0.29) is 13.2 Å². The van der Waals surface area contributed by atoms with Crippen molar-refractivity contribution in [2.45, 2.75) is 19.9 Å². The van der Waals surface area contributed by atoms with Crippen LogP contribution >= 0.6 is 7.60 Å². The average molecular weight is 360 g/mol. The minimum Gasteiger partial charge on any atom is -0.467 e. The fourth-order valence-corrected chi connectivity index (χ4v) is 4.38. The lowest BCUT2D eigenvalue weighted by Crippen LogP contribution is -2.26. The molecule has 1 aromatic carbocycles. The molecule has 0 bridgehead atoms. The van der Waals surface area contributed by atoms with Gasteiger partial charge in [0.15, 0.2) is 0 Å². The highest BCUT2D eigenvalue weighted by atomic mass is 31.2. The van der Waals surface area contributed by atoms with Crippen molar-refractivity contribution >= 4 is 13.4 Å². The smallest absolute Gasteiger partial charge is 0.361 e. The van der Waals surface area contributed by atoms with Gasteiger partial charge in [0.1, 0.15) is 17.6 Å². The summed E-state index contributed by atoms with van der Waals surface area (Å²) in [7, 11) is -3.48. The van der Waals surface area contributed by atoms with Crippen molar-refractivity contribution < 1.29 is 18.0 Å². The first-order valence-electron chi connectivity index (χ1n) is 8.21. The van der Waals surface area contributed by atoms with E-state index in [2.05, 4.69) is 5.32 Å². The van der Waals surface area contributed by atoms with Crippen LogP contribution in [0.25, 0.3) is 0 Å². The van der Waals surface area contributed by atoms with Crippen LogP contribution in [0, 0.1) is 0 Å². The topological polar surface area (TPSA) is 73.1 Å². The number of benzene rings is 1. The molecule has 132 valence electrons. The SMILES string of the molecule is CCOP(=O)(OCC)C1=CNC(c2ccccc2)=NC1c1ccco1. The number of rotatable bonds is 7. The molecule has 7 heteroatoms. The van der Waals surface area contributed by atoms with Gasteiger partial charge in [-0.3, -0.25) is 9.56 Å². The van der Waals surface area contributed by atoms with E-state index in [0.29, 0.717) is 16.9 Å². The van der Waals surface area contributed by atoms with E-state index < -0.39 is 13.6 Å². The van der Waals surface area contributed by atoms with Crippen molar-refractivity contribution in [2.75, 3.05) is 13.2 Å². The molecular weight excluding hydrogens is 339 g/mol. The number of aliphatic imine (C=N–C) groups is 1. The van der Waals surface area contributed by atoms with Gasteiger partial charge in [-0.25, -0.2) is 0 Å². The van der Waals surface area contributed by atoms with Crippen molar-refractivity contribution in [2.24, 2.45) is 4.99 Å². The maximum atomic E-state index is 13.3. The highest BCUT2D eigenvalue weighted by Gasteiger charge is 2.39. The number of nitrogens with zero attached hydrogens (tertiary/aromatic N) is 1. The molecule has 0 fully saturated rings. The number of nitrogens with one attached hydrogen (secondary N) is 1. The van der Waals surface area contributed by atoms with E-state index in [4.69, 9.17) is 18.5 Å². The van der Waals surface area contributed by atoms with Crippen molar-refractivity contribution in [3.05, 3.63) is 71.6 Å². The Labute approximate surface area is 147 Å². The molecule has 0 radical (unpaired) electrons. The lowest BCUT2D eigenvalue weighted by Gasteiger charge is -2.27. The Kier molecular flexibility index (Phi) is 5.53. The van der Waals surface area contributed by atoms with E-state index in [1.165, 1.54) is 0 Å². The highest BCUT2D eigenvalue weighted by Crippen LogP contribution is 2.61. The average Bonchev–Trinajstić information content (AvgIpc) is 3.17. The highest BCUT2D eigenvalue weighted by molar-refractivity contribution is 7.58. The van der Waals surface area contributed by atoms with Crippen LogP contribution in [0.3, 0.4) is 0 Å². The zero-order valence-electron chi connectivity index (χ0n) is 14.2. The van der Waals surface area contributed by atoms with Gasteiger partial charge < -0.3 is 18.8 Å². The molecule has 1 atom stereocenters. The predicted octanol–water partition coefficient (Wildman–Crippen LogP) is 4.48. The fraction of sp³-hybridized carbons (Fsp3) is 0.278. The molecule has 0 aliphatic carbocycles. The summed E-state index contributed by atoms with van der Waals surface area (Å²) in [5.74, 6) is 1.26. The lowest BCUT2D eigenvalue weighted by atomic mass is 10.1. The molecule has 0 spiro atoms. The second-order valence-electron chi connectivity index (χ2n) is 5.31. The molecule has 1 N–H and O–H groups in total. The van der Waals surface area contributed by atoms with Crippen molar-refractivity contribution in [1.29, 1.82) is 0 Å². The second-order valence-corrected chi connectivity index (χ2v) is 7.34. The maximum Gasteiger partial charge on any atom is 0.361 e. The van der Waals surface area contributed by atoms with Crippen LogP contribution in [0.5, 0.6) is 0 Å². The van der Waals surface area contributed by atoms with Crippen LogP contribution in [-0.4, -0.2) is 19.0 Å². The first-order chi connectivity index (χ1) is 12.2. The largest absolute Gasteiger partial charge is 0.467 e. The van der Waals surface area contributed by atoms with Crippen LogP contribution in [-0.2, 0) is 13.6 Å². The van der Waals surface area contributed by atoms with Gasteiger partial charge in [0.25, 0.3) is 0 Å².